The normalized spacial score (nSPS) is 11.4. The highest BCUT2D eigenvalue weighted by atomic mass is 16.5. The fraction of sp³-hybridized carbons (Fsp3) is 0.0476. The van der Waals surface area contributed by atoms with Crippen molar-refractivity contribution in [3.8, 4) is 34.1 Å². The van der Waals surface area contributed by atoms with Crippen LogP contribution in [0.1, 0.15) is 11.1 Å². The van der Waals surface area contributed by atoms with Gasteiger partial charge in [0.25, 0.3) is 0 Å². The minimum atomic E-state index is 0.785. The Hall–Kier alpha value is -5.60. The minimum absolute atomic E-state index is 0.785. The van der Waals surface area contributed by atoms with Crippen LogP contribution in [0.25, 0.3) is 54.2 Å². The van der Waals surface area contributed by atoms with Gasteiger partial charge in [-0.05, 0) is 81.6 Å². The molecule has 0 saturated heterocycles. The molecular weight excluding hydrogens is 536 g/mol. The smallest absolute Gasteiger partial charge is 0.136 e. The van der Waals surface area contributed by atoms with E-state index in [-0.39, 0.29) is 0 Å². The van der Waals surface area contributed by atoms with E-state index in [4.69, 9.17) is 9.47 Å². The summed E-state index contributed by atoms with van der Waals surface area (Å²) >= 11 is 0. The van der Waals surface area contributed by atoms with Gasteiger partial charge >= 0.3 is 0 Å². The first-order valence-corrected chi connectivity index (χ1v) is 15.0. The molecule has 0 bridgehead atoms. The van der Waals surface area contributed by atoms with Crippen LogP contribution in [0.4, 0.5) is 0 Å². The van der Waals surface area contributed by atoms with Crippen molar-refractivity contribution >= 4 is 43.1 Å². The van der Waals surface area contributed by atoms with Crippen LogP contribution in [0.15, 0.2) is 146 Å². The van der Waals surface area contributed by atoms with Gasteiger partial charge in [0.2, 0.25) is 0 Å². The lowest BCUT2D eigenvalue weighted by Gasteiger charge is -2.21. The average molecular weight is 567 g/mol. The second-order valence-corrected chi connectivity index (χ2v) is 11.4. The number of aryl methyl sites for hydroxylation is 2. The maximum Gasteiger partial charge on any atom is 0.136 e. The highest BCUT2D eigenvalue weighted by Gasteiger charge is 2.21. The molecule has 2 heteroatoms. The highest BCUT2D eigenvalue weighted by molar-refractivity contribution is 6.10. The summed E-state index contributed by atoms with van der Waals surface area (Å²) in [7, 11) is 0. The first-order valence-electron chi connectivity index (χ1n) is 15.0. The Morgan fingerprint density at radius 3 is 1.07 bits per heavy atom. The third kappa shape index (κ3) is 4.35. The number of fused-ring (bicyclic) bond motifs is 4. The van der Waals surface area contributed by atoms with Crippen LogP contribution in [0, 0.1) is 13.8 Å². The molecular formula is C42H30O2. The number of benzene rings is 8. The van der Waals surface area contributed by atoms with Crippen LogP contribution >= 0.6 is 0 Å². The molecule has 2 nitrogen and oxygen atoms in total. The molecule has 0 aliphatic rings. The second-order valence-electron chi connectivity index (χ2n) is 11.4. The van der Waals surface area contributed by atoms with E-state index >= 15 is 0 Å². The molecule has 0 saturated carbocycles. The molecule has 210 valence electrons. The fourth-order valence-electron chi connectivity index (χ4n) is 6.45. The van der Waals surface area contributed by atoms with E-state index in [0.29, 0.717) is 0 Å². The summed E-state index contributed by atoms with van der Waals surface area (Å²) in [6, 6.07) is 50.8. The first-order chi connectivity index (χ1) is 21.7. The number of hydrogen-bond acceptors (Lipinski definition) is 2. The van der Waals surface area contributed by atoms with Crippen molar-refractivity contribution in [2.24, 2.45) is 0 Å². The van der Waals surface area contributed by atoms with E-state index in [2.05, 4.69) is 159 Å². The summed E-state index contributed by atoms with van der Waals surface area (Å²) in [6.45, 7) is 4.28. The molecule has 0 unspecified atom stereocenters. The van der Waals surface area contributed by atoms with Crippen LogP contribution in [0.2, 0.25) is 0 Å². The first kappa shape index (κ1) is 26.1. The van der Waals surface area contributed by atoms with Crippen LogP contribution in [-0.2, 0) is 0 Å². The van der Waals surface area contributed by atoms with Gasteiger partial charge in [0.05, 0.1) is 0 Å². The number of rotatable bonds is 5. The molecule has 0 aliphatic heterocycles. The number of ether oxygens (including phenoxy) is 2. The Bertz CT molecular complexity index is 2200. The lowest BCUT2D eigenvalue weighted by Crippen LogP contribution is -1.96. The third-order valence-corrected chi connectivity index (χ3v) is 8.68. The Morgan fingerprint density at radius 1 is 0.295 bits per heavy atom. The van der Waals surface area contributed by atoms with Crippen molar-refractivity contribution < 1.29 is 9.47 Å². The Morgan fingerprint density at radius 2 is 0.636 bits per heavy atom. The van der Waals surface area contributed by atoms with Gasteiger partial charge in [-0.15, -0.1) is 0 Å². The zero-order chi connectivity index (χ0) is 29.6. The maximum absolute atomic E-state index is 6.92. The van der Waals surface area contributed by atoms with Gasteiger partial charge in [-0.3, -0.25) is 0 Å². The molecule has 8 aromatic carbocycles. The van der Waals surface area contributed by atoms with E-state index in [1.807, 2.05) is 0 Å². The van der Waals surface area contributed by atoms with Crippen molar-refractivity contribution in [3.05, 3.63) is 157 Å². The van der Waals surface area contributed by atoms with Gasteiger partial charge in [-0.25, -0.2) is 0 Å². The fourth-order valence-corrected chi connectivity index (χ4v) is 6.45. The van der Waals surface area contributed by atoms with Gasteiger partial charge in [0.1, 0.15) is 23.0 Å². The summed E-state index contributed by atoms with van der Waals surface area (Å²) in [5, 5.41) is 9.05. The van der Waals surface area contributed by atoms with Gasteiger partial charge in [0.15, 0.2) is 0 Å². The SMILES string of the molecule is Cc1ccc(Oc2ccc3ccccc3c2-c2c(Oc3ccc(C)c4ccccc34)ccc3ccccc23)c2ccccc12. The topological polar surface area (TPSA) is 18.5 Å². The quantitative estimate of drug-likeness (QED) is 0.206. The monoisotopic (exact) mass is 566 g/mol. The molecule has 44 heavy (non-hydrogen) atoms. The molecule has 0 aromatic heterocycles. The number of hydrogen-bond donors (Lipinski definition) is 0. The van der Waals surface area contributed by atoms with E-state index in [1.165, 1.54) is 21.9 Å². The molecule has 0 radical (unpaired) electrons. The summed E-state index contributed by atoms with van der Waals surface area (Å²) in [5.74, 6) is 3.23. The molecule has 0 spiro atoms. The van der Waals surface area contributed by atoms with Crippen molar-refractivity contribution in [2.75, 3.05) is 0 Å². The Balaban J connectivity index is 1.40. The highest BCUT2D eigenvalue weighted by Crippen LogP contribution is 2.48. The summed E-state index contributed by atoms with van der Waals surface area (Å²) in [4.78, 5) is 0. The van der Waals surface area contributed by atoms with Crippen molar-refractivity contribution in [1.82, 2.24) is 0 Å². The van der Waals surface area contributed by atoms with Crippen molar-refractivity contribution in [3.63, 3.8) is 0 Å². The lowest BCUT2D eigenvalue weighted by atomic mass is 9.92. The second kappa shape index (κ2) is 10.6. The zero-order valence-corrected chi connectivity index (χ0v) is 24.7. The largest absolute Gasteiger partial charge is 0.456 e. The maximum atomic E-state index is 6.92. The predicted molar refractivity (Wildman–Crippen MR) is 184 cm³/mol. The van der Waals surface area contributed by atoms with Crippen LogP contribution < -0.4 is 9.47 Å². The molecule has 0 fully saturated rings. The van der Waals surface area contributed by atoms with E-state index in [0.717, 1.165) is 66.4 Å². The van der Waals surface area contributed by atoms with E-state index < -0.39 is 0 Å². The minimum Gasteiger partial charge on any atom is -0.456 e. The standard InChI is InChI=1S/C42H30O2/c1-27-19-23-37(35-17-9-7-13-31(27)35)43-39-25-21-29-11-3-5-15-33(29)41(39)42-34-16-6-4-12-30(34)22-26-40(42)44-38-24-20-28(2)32-14-8-10-18-36(32)38/h3-26H,1-2H3. The lowest BCUT2D eigenvalue weighted by molar-refractivity contribution is 0.484. The Labute approximate surface area is 256 Å². The van der Waals surface area contributed by atoms with E-state index in [9.17, 15) is 0 Å². The molecule has 8 aromatic rings. The van der Waals surface area contributed by atoms with Crippen molar-refractivity contribution in [1.29, 1.82) is 0 Å². The van der Waals surface area contributed by atoms with Crippen molar-refractivity contribution in [2.45, 2.75) is 13.8 Å². The third-order valence-electron chi connectivity index (χ3n) is 8.68. The van der Waals surface area contributed by atoms with Crippen LogP contribution in [-0.4, -0.2) is 0 Å². The molecule has 0 atom stereocenters. The molecule has 0 N–H and O–H groups in total. The predicted octanol–water partition coefficient (Wildman–Crippen LogP) is 12.2. The average Bonchev–Trinajstić information content (AvgIpc) is 3.07. The summed E-state index contributed by atoms with van der Waals surface area (Å²) in [6.07, 6.45) is 0. The van der Waals surface area contributed by atoms with Crippen LogP contribution in [0.5, 0.6) is 23.0 Å². The molecule has 8 rings (SSSR count). The summed E-state index contributed by atoms with van der Waals surface area (Å²) < 4.78 is 13.8. The Kier molecular flexibility index (Phi) is 6.27. The van der Waals surface area contributed by atoms with Gasteiger partial charge < -0.3 is 9.47 Å². The molecule has 0 aliphatic carbocycles. The van der Waals surface area contributed by atoms with E-state index in [1.54, 1.807) is 0 Å². The zero-order valence-electron chi connectivity index (χ0n) is 24.7. The molecule has 0 amide bonds. The van der Waals surface area contributed by atoms with Gasteiger partial charge in [0, 0.05) is 21.9 Å². The van der Waals surface area contributed by atoms with Crippen LogP contribution in [0.3, 0.4) is 0 Å². The van der Waals surface area contributed by atoms with Gasteiger partial charge in [-0.2, -0.15) is 0 Å². The molecule has 0 heterocycles. The summed E-state index contributed by atoms with van der Waals surface area (Å²) in [5.41, 5.74) is 4.47. The van der Waals surface area contributed by atoms with Gasteiger partial charge in [-0.1, -0.05) is 121 Å².